The highest BCUT2D eigenvalue weighted by atomic mass is 16.3. The topological polar surface area (TPSA) is 95.7 Å². The van der Waals surface area contributed by atoms with Crippen molar-refractivity contribution in [1.29, 1.82) is 0 Å². The summed E-state index contributed by atoms with van der Waals surface area (Å²) in [6, 6.07) is 13.8. The van der Waals surface area contributed by atoms with Crippen LogP contribution in [0.25, 0.3) is 10.8 Å². The Bertz CT molecular complexity index is 777. The van der Waals surface area contributed by atoms with Crippen molar-refractivity contribution in [3.8, 4) is 0 Å². The summed E-state index contributed by atoms with van der Waals surface area (Å²) in [7, 11) is 0. The third kappa shape index (κ3) is 4.09. The molecule has 2 atom stereocenters. The molecule has 1 fully saturated rings. The fourth-order valence-corrected chi connectivity index (χ4v) is 3.44. The van der Waals surface area contributed by atoms with Crippen LogP contribution in [-0.4, -0.2) is 47.7 Å². The largest absolute Gasteiger partial charge is 0.391 e. The van der Waals surface area contributed by atoms with Gasteiger partial charge in [0.05, 0.1) is 6.10 Å². The van der Waals surface area contributed by atoms with Crippen LogP contribution in [0, 0.1) is 0 Å². The van der Waals surface area contributed by atoms with Crippen LogP contribution in [0.5, 0.6) is 0 Å². The Hall–Kier alpha value is -2.60. The van der Waals surface area contributed by atoms with Crippen LogP contribution in [0.15, 0.2) is 42.5 Å². The fraction of sp³-hybridized carbons (Fsp3) is 0.368. The number of benzene rings is 2. The summed E-state index contributed by atoms with van der Waals surface area (Å²) in [4.78, 5) is 24.5. The molecule has 0 unspecified atom stereocenters. The number of fused-ring (bicyclic) bond motifs is 1. The molecule has 6 heteroatoms. The summed E-state index contributed by atoms with van der Waals surface area (Å²) in [6.45, 7) is 1.13. The molecule has 1 aliphatic heterocycles. The SMILES string of the molecule is NC(=O)NCCC(=O)N1CC[C@H](c2ccc3ccccc3c2)[C@@H](O)C1. The first-order valence-electron chi connectivity index (χ1n) is 8.52. The van der Waals surface area contributed by atoms with E-state index < -0.39 is 12.1 Å². The molecule has 4 N–H and O–H groups in total. The molecule has 132 valence electrons. The van der Waals surface area contributed by atoms with Crippen molar-refractivity contribution in [3.63, 3.8) is 0 Å². The maximum absolute atomic E-state index is 12.2. The number of aliphatic hydroxyl groups is 1. The highest BCUT2D eigenvalue weighted by molar-refractivity contribution is 5.83. The number of piperidine rings is 1. The summed E-state index contributed by atoms with van der Waals surface area (Å²) in [5.74, 6) is -0.0536. The molecular weight excluding hydrogens is 318 g/mol. The van der Waals surface area contributed by atoms with Gasteiger partial charge in [-0.15, -0.1) is 0 Å². The van der Waals surface area contributed by atoms with Crippen molar-refractivity contribution < 1.29 is 14.7 Å². The summed E-state index contributed by atoms with van der Waals surface area (Å²) in [6.07, 6.45) is 0.313. The summed E-state index contributed by atoms with van der Waals surface area (Å²) in [5, 5.41) is 15.3. The normalized spacial score (nSPS) is 20.4. The number of primary amides is 1. The summed E-state index contributed by atoms with van der Waals surface area (Å²) < 4.78 is 0. The quantitative estimate of drug-likeness (QED) is 0.788. The van der Waals surface area contributed by atoms with Gasteiger partial charge in [0.15, 0.2) is 0 Å². The van der Waals surface area contributed by atoms with Gasteiger partial charge in [-0.2, -0.15) is 0 Å². The lowest BCUT2D eigenvalue weighted by Gasteiger charge is -2.36. The first-order chi connectivity index (χ1) is 12.0. The Kier molecular flexibility index (Phi) is 5.19. The minimum absolute atomic E-state index is 0.0254. The highest BCUT2D eigenvalue weighted by Gasteiger charge is 2.30. The Morgan fingerprint density at radius 3 is 2.68 bits per heavy atom. The number of carbonyl (C=O) groups is 2. The minimum atomic E-state index is -0.636. The minimum Gasteiger partial charge on any atom is -0.391 e. The zero-order chi connectivity index (χ0) is 17.8. The number of hydrogen-bond acceptors (Lipinski definition) is 3. The van der Waals surface area contributed by atoms with Crippen molar-refractivity contribution in [3.05, 3.63) is 48.0 Å². The van der Waals surface area contributed by atoms with Crippen LogP contribution < -0.4 is 11.1 Å². The molecule has 3 amide bonds. The number of aliphatic hydroxyl groups excluding tert-OH is 1. The second-order valence-corrected chi connectivity index (χ2v) is 6.45. The van der Waals surface area contributed by atoms with Crippen LogP contribution in [-0.2, 0) is 4.79 Å². The number of hydrogen-bond donors (Lipinski definition) is 3. The highest BCUT2D eigenvalue weighted by Crippen LogP contribution is 2.30. The van der Waals surface area contributed by atoms with Crippen molar-refractivity contribution in [2.45, 2.75) is 24.9 Å². The molecule has 3 rings (SSSR count). The zero-order valence-corrected chi connectivity index (χ0v) is 14.0. The van der Waals surface area contributed by atoms with E-state index in [0.29, 0.717) is 19.5 Å². The number of nitrogens with one attached hydrogen (secondary N) is 1. The molecule has 6 nitrogen and oxygen atoms in total. The molecular formula is C19H23N3O3. The monoisotopic (exact) mass is 341 g/mol. The number of urea groups is 1. The molecule has 2 aromatic rings. The van der Waals surface area contributed by atoms with Gasteiger partial charge < -0.3 is 21.1 Å². The predicted octanol–water partition coefficient (Wildman–Crippen LogP) is 1.58. The Labute approximate surface area is 146 Å². The Morgan fingerprint density at radius 2 is 1.96 bits per heavy atom. The number of rotatable bonds is 4. The van der Waals surface area contributed by atoms with Crippen LogP contribution >= 0.6 is 0 Å². The lowest BCUT2D eigenvalue weighted by molar-refractivity contribution is -0.134. The van der Waals surface area contributed by atoms with Crippen LogP contribution in [0.4, 0.5) is 4.79 Å². The van der Waals surface area contributed by atoms with E-state index in [4.69, 9.17) is 5.73 Å². The second-order valence-electron chi connectivity index (χ2n) is 6.45. The molecule has 0 bridgehead atoms. The van der Waals surface area contributed by atoms with Crippen molar-refractivity contribution in [2.24, 2.45) is 5.73 Å². The standard InChI is InChI=1S/C19H23N3O3/c20-19(25)21-9-7-18(24)22-10-8-16(17(23)12-22)15-6-5-13-3-1-2-4-14(13)11-15/h1-6,11,16-17,23H,7-10,12H2,(H3,20,21,25)/t16-,17+/m1/s1. The zero-order valence-electron chi connectivity index (χ0n) is 14.0. The van der Waals surface area contributed by atoms with Gasteiger partial charge in [-0.3, -0.25) is 4.79 Å². The Balaban J connectivity index is 1.62. The molecule has 0 spiro atoms. The molecule has 0 saturated carbocycles. The molecule has 0 aliphatic carbocycles. The number of nitrogens with two attached hydrogens (primary N) is 1. The summed E-state index contributed by atoms with van der Waals surface area (Å²) in [5.41, 5.74) is 6.09. The van der Waals surface area contributed by atoms with E-state index in [9.17, 15) is 14.7 Å². The van der Waals surface area contributed by atoms with E-state index in [2.05, 4.69) is 35.6 Å². The van der Waals surface area contributed by atoms with E-state index in [1.54, 1.807) is 4.90 Å². The van der Waals surface area contributed by atoms with E-state index in [1.807, 2.05) is 12.1 Å². The van der Waals surface area contributed by atoms with Crippen LogP contribution in [0.1, 0.15) is 24.3 Å². The Morgan fingerprint density at radius 1 is 1.20 bits per heavy atom. The van der Waals surface area contributed by atoms with E-state index in [-0.39, 0.29) is 24.8 Å². The molecule has 25 heavy (non-hydrogen) atoms. The van der Waals surface area contributed by atoms with E-state index >= 15 is 0 Å². The second kappa shape index (κ2) is 7.53. The van der Waals surface area contributed by atoms with Crippen molar-refractivity contribution in [2.75, 3.05) is 19.6 Å². The van der Waals surface area contributed by atoms with Crippen molar-refractivity contribution >= 4 is 22.7 Å². The fourth-order valence-electron chi connectivity index (χ4n) is 3.44. The molecule has 1 heterocycles. The molecule has 1 saturated heterocycles. The number of β-amino-alcohol motifs (C(OH)–C–C–N with tert-alkyl or cyclic N) is 1. The van der Waals surface area contributed by atoms with Gasteiger partial charge in [0.25, 0.3) is 0 Å². The average Bonchev–Trinajstić information content (AvgIpc) is 2.61. The first-order valence-corrected chi connectivity index (χ1v) is 8.52. The van der Waals surface area contributed by atoms with Gasteiger partial charge in [0.2, 0.25) is 5.91 Å². The lowest BCUT2D eigenvalue weighted by Crippen LogP contribution is -2.46. The number of carbonyl (C=O) groups excluding carboxylic acids is 2. The number of likely N-dealkylation sites (tertiary alicyclic amines) is 1. The maximum atomic E-state index is 12.2. The first kappa shape index (κ1) is 17.2. The molecule has 1 aliphatic rings. The lowest BCUT2D eigenvalue weighted by atomic mass is 9.86. The third-order valence-corrected chi connectivity index (χ3v) is 4.77. The maximum Gasteiger partial charge on any atom is 0.312 e. The van der Waals surface area contributed by atoms with Gasteiger partial charge in [0.1, 0.15) is 0 Å². The van der Waals surface area contributed by atoms with Gasteiger partial charge in [-0.25, -0.2) is 4.79 Å². The van der Waals surface area contributed by atoms with Gasteiger partial charge in [-0.05, 0) is 22.8 Å². The number of nitrogens with zero attached hydrogens (tertiary/aromatic N) is 1. The van der Waals surface area contributed by atoms with Crippen molar-refractivity contribution in [1.82, 2.24) is 10.2 Å². The third-order valence-electron chi connectivity index (χ3n) is 4.77. The van der Waals surface area contributed by atoms with E-state index in [0.717, 1.165) is 10.9 Å². The molecule has 0 aromatic heterocycles. The van der Waals surface area contributed by atoms with E-state index in [1.165, 1.54) is 5.39 Å². The summed E-state index contributed by atoms with van der Waals surface area (Å²) >= 11 is 0. The van der Waals surface area contributed by atoms with Crippen LogP contribution in [0.3, 0.4) is 0 Å². The molecule has 2 aromatic carbocycles. The average molecular weight is 341 g/mol. The number of amides is 3. The van der Waals surface area contributed by atoms with Crippen LogP contribution in [0.2, 0.25) is 0 Å². The van der Waals surface area contributed by atoms with Gasteiger partial charge in [0, 0.05) is 32.0 Å². The molecule has 0 radical (unpaired) electrons. The smallest absolute Gasteiger partial charge is 0.312 e. The van der Waals surface area contributed by atoms with Gasteiger partial charge in [-0.1, -0.05) is 42.5 Å². The van der Waals surface area contributed by atoms with Gasteiger partial charge >= 0.3 is 6.03 Å². The predicted molar refractivity (Wildman–Crippen MR) is 96.1 cm³/mol.